The maximum atomic E-state index is 11.7. The lowest BCUT2D eigenvalue weighted by molar-refractivity contribution is -0.142. The lowest BCUT2D eigenvalue weighted by Crippen LogP contribution is -2.51. The third kappa shape index (κ3) is 4.76. The van der Waals surface area contributed by atoms with Crippen LogP contribution < -0.4 is 16.4 Å². The maximum absolute atomic E-state index is 11.7. The topological polar surface area (TPSA) is 122 Å². The second kappa shape index (κ2) is 6.96. The summed E-state index contributed by atoms with van der Waals surface area (Å²) in [6.45, 7) is 1.48. The molecule has 1 aliphatic carbocycles. The van der Waals surface area contributed by atoms with E-state index in [1.54, 1.807) is 0 Å². The van der Waals surface area contributed by atoms with Crippen LogP contribution in [0.3, 0.4) is 0 Å². The third-order valence-corrected chi connectivity index (χ3v) is 3.42. The Labute approximate surface area is 111 Å². The minimum Gasteiger partial charge on any atom is -0.481 e. The zero-order valence-corrected chi connectivity index (χ0v) is 11.0. The van der Waals surface area contributed by atoms with Crippen LogP contribution in [0.4, 0.5) is 4.79 Å². The summed E-state index contributed by atoms with van der Waals surface area (Å²) in [6.07, 6.45) is 3.91. The van der Waals surface area contributed by atoms with Gasteiger partial charge in [0.15, 0.2) is 0 Å². The number of amides is 3. The fourth-order valence-electron chi connectivity index (χ4n) is 2.25. The molecule has 7 nitrogen and oxygen atoms in total. The van der Waals surface area contributed by atoms with Crippen LogP contribution in [-0.4, -0.2) is 35.1 Å². The third-order valence-electron chi connectivity index (χ3n) is 3.42. The molecule has 1 rings (SSSR count). The monoisotopic (exact) mass is 271 g/mol. The molecule has 0 saturated heterocycles. The fourth-order valence-corrected chi connectivity index (χ4v) is 2.25. The molecule has 1 saturated carbocycles. The number of carbonyl (C=O) groups is 3. The number of rotatable bonds is 4. The highest BCUT2D eigenvalue weighted by Gasteiger charge is 2.30. The molecule has 1 aliphatic rings. The number of carboxylic acids is 1. The van der Waals surface area contributed by atoms with Gasteiger partial charge in [0.1, 0.15) is 6.04 Å². The second-order valence-electron chi connectivity index (χ2n) is 4.93. The van der Waals surface area contributed by atoms with Crippen LogP contribution in [0.2, 0.25) is 0 Å². The van der Waals surface area contributed by atoms with Gasteiger partial charge in [0.25, 0.3) is 0 Å². The van der Waals surface area contributed by atoms with E-state index in [0.29, 0.717) is 12.8 Å². The molecule has 0 heterocycles. The Kier molecular flexibility index (Phi) is 5.59. The van der Waals surface area contributed by atoms with E-state index in [-0.39, 0.29) is 0 Å². The van der Waals surface area contributed by atoms with Gasteiger partial charge in [-0.3, -0.25) is 9.59 Å². The van der Waals surface area contributed by atoms with Crippen molar-refractivity contribution in [3.63, 3.8) is 0 Å². The number of nitrogens with one attached hydrogen (secondary N) is 2. The summed E-state index contributed by atoms with van der Waals surface area (Å²) < 4.78 is 0. The molecule has 1 fully saturated rings. The largest absolute Gasteiger partial charge is 0.481 e. The lowest BCUT2D eigenvalue weighted by Gasteiger charge is -2.23. The van der Waals surface area contributed by atoms with Crippen LogP contribution >= 0.6 is 0 Å². The second-order valence-corrected chi connectivity index (χ2v) is 4.93. The highest BCUT2D eigenvalue weighted by Crippen LogP contribution is 2.23. The molecule has 0 aromatic heterocycles. The first kappa shape index (κ1) is 15.3. The summed E-state index contributed by atoms with van der Waals surface area (Å²) in [5, 5.41) is 14.2. The van der Waals surface area contributed by atoms with Crippen LogP contribution in [-0.2, 0) is 9.59 Å². The van der Waals surface area contributed by atoms with Gasteiger partial charge < -0.3 is 21.5 Å². The summed E-state index contributed by atoms with van der Waals surface area (Å²) in [4.78, 5) is 33.7. The first-order valence-corrected chi connectivity index (χ1v) is 6.51. The van der Waals surface area contributed by atoms with Gasteiger partial charge in [-0.15, -0.1) is 0 Å². The Hall–Kier alpha value is -1.79. The van der Waals surface area contributed by atoms with Crippen molar-refractivity contribution in [3.8, 4) is 0 Å². The van der Waals surface area contributed by atoms with Crippen LogP contribution in [0, 0.1) is 5.92 Å². The molecule has 0 radical (unpaired) electrons. The van der Waals surface area contributed by atoms with Gasteiger partial charge in [-0.25, -0.2) is 4.79 Å². The molecular weight excluding hydrogens is 250 g/mol. The molecule has 19 heavy (non-hydrogen) atoms. The first-order chi connectivity index (χ1) is 8.91. The average molecular weight is 271 g/mol. The predicted molar refractivity (Wildman–Crippen MR) is 68.3 cm³/mol. The maximum Gasteiger partial charge on any atom is 0.315 e. The number of carbonyl (C=O) groups excluding carboxylic acids is 2. The molecule has 0 aromatic carbocycles. The number of hydrogen-bond donors (Lipinski definition) is 4. The smallest absolute Gasteiger partial charge is 0.315 e. The Bertz CT molecular complexity index is 359. The average Bonchev–Trinajstić information content (AvgIpc) is 2.54. The van der Waals surface area contributed by atoms with Gasteiger partial charge in [0.05, 0.1) is 5.92 Å². The van der Waals surface area contributed by atoms with Crippen molar-refractivity contribution in [3.05, 3.63) is 0 Å². The Morgan fingerprint density at radius 3 is 2.42 bits per heavy atom. The van der Waals surface area contributed by atoms with Crippen molar-refractivity contribution < 1.29 is 19.5 Å². The molecule has 0 bridgehead atoms. The normalized spacial score (nSPS) is 24.9. The SMILES string of the molecule is CC(NC(=O)NC1CCCCCC1C(=O)O)C(N)=O. The Balaban J connectivity index is 2.58. The van der Waals surface area contributed by atoms with Gasteiger partial charge >= 0.3 is 12.0 Å². The number of urea groups is 1. The summed E-state index contributed by atoms with van der Waals surface area (Å²) in [7, 11) is 0. The predicted octanol–water partition coefficient (Wildman–Crippen LogP) is 0.193. The quantitative estimate of drug-likeness (QED) is 0.545. The molecule has 0 aromatic rings. The van der Waals surface area contributed by atoms with Crippen molar-refractivity contribution >= 4 is 17.9 Å². The van der Waals surface area contributed by atoms with E-state index < -0.39 is 35.9 Å². The lowest BCUT2D eigenvalue weighted by atomic mass is 9.95. The van der Waals surface area contributed by atoms with Gasteiger partial charge in [0, 0.05) is 6.04 Å². The minimum absolute atomic E-state index is 0.403. The van der Waals surface area contributed by atoms with Crippen LogP contribution in [0.15, 0.2) is 0 Å². The Morgan fingerprint density at radius 1 is 1.21 bits per heavy atom. The van der Waals surface area contributed by atoms with Crippen molar-refractivity contribution in [1.82, 2.24) is 10.6 Å². The van der Waals surface area contributed by atoms with Crippen molar-refractivity contribution in [1.29, 1.82) is 0 Å². The molecule has 108 valence electrons. The molecule has 5 N–H and O–H groups in total. The number of nitrogens with two attached hydrogens (primary N) is 1. The van der Waals surface area contributed by atoms with Crippen LogP contribution in [0.25, 0.3) is 0 Å². The van der Waals surface area contributed by atoms with E-state index in [2.05, 4.69) is 10.6 Å². The summed E-state index contributed by atoms with van der Waals surface area (Å²) in [5.74, 6) is -2.10. The molecule has 7 heteroatoms. The highest BCUT2D eigenvalue weighted by atomic mass is 16.4. The molecule has 3 unspecified atom stereocenters. The van der Waals surface area contributed by atoms with Gasteiger partial charge in [-0.05, 0) is 19.8 Å². The van der Waals surface area contributed by atoms with Crippen LogP contribution in [0.5, 0.6) is 0 Å². The number of primary amides is 1. The number of carboxylic acid groups (broad SMARTS) is 1. The van der Waals surface area contributed by atoms with E-state index in [4.69, 9.17) is 5.73 Å². The van der Waals surface area contributed by atoms with E-state index in [9.17, 15) is 19.5 Å². The Morgan fingerprint density at radius 2 is 1.84 bits per heavy atom. The molecule has 3 atom stereocenters. The molecule has 0 aliphatic heterocycles. The zero-order valence-electron chi connectivity index (χ0n) is 11.0. The van der Waals surface area contributed by atoms with Gasteiger partial charge in [-0.2, -0.15) is 0 Å². The highest BCUT2D eigenvalue weighted by molar-refractivity contribution is 5.85. The van der Waals surface area contributed by atoms with Crippen LogP contribution in [0.1, 0.15) is 39.0 Å². The molecule has 3 amide bonds. The van der Waals surface area contributed by atoms with Crippen molar-refractivity contribution in [2.45, 2.75) is 51.1 Å². The number of hydrogen-bond acceptors (Lipinski definition) is 3. The fraction of sp³-hybridized carbons (Fsp3) is 0.750. The van der Waals surface area contributed by atoms with E-state index in [1.165, 1.54) is 6.92 Å². The number of aliphatic carboxylic acids is 1. The standard InChI is InChI=1S/C12H21N3O4/c1-7(10(13)16)14-12(19)15-9-6-4-2-3-5-8(9)11(17)18/h7-9H,2-6H2,1H3,(H2,13,16)(H,17,18)(H2,14,15,19). The van der Waals surface area contributed by atoms with E-state index in [1.807, 2.05) is 0 Å². The summed E-state index contributed by atoms with van der Waals surface area (Å²) in [5.41, 5.74) is 5.04. The molecule has 0 spiro atoms. The van der Waals surface area contributed by atoms with E-state index in [0.717, 1.165) is 19.3 Å². The van der Waals surface area contributed by atoms with E-state index >= 15 is 0 Å². The minimum atomic E-state index is -0.893. The summed E-state index contributed by atoms with van der Waals surface area (Å²) >= 11 is 0. The van der Waals surface area contributed by atoms with Gasteiger partial charge in [-0.1, -0.05) is 19.3 Å². The molecular formula is C12H21N3O4. The first-order valence-electron chi connectivity index (χ1n) is 6.51. The van der Waals surface area contributed by atoms with Crippen molar-refractivity contribution in [2.75, 3.05) is 0 Å². The van der Waals surface area contributed by atoms with Crippen molar-refractivity contribution in [2.24, 2.45) is 11.7 Å². The van der Waals surface area contributed by atoms with Gasteiger partial charge in [0.2, 0.25) is 5.91 Å². The summed E-state index contributed by atoms with van der Waals surface area (Å²) in [6, 6.07) is -1.74. The zero-order chi connectivity index (χ0) is 14.4.